The zero-order chi connectivity index (χ0) is 9.54. The number of hydrogen-bond donors (Lipinski definition) is 1. The van der Waals surface area contributed by atoms with Gasteiger partial charge in [0.05, 0.1) is 11.0 Å². The first-order valence-corrected chi connectivity index (χ1v) is 4.71. The normalized spacial score (nSPS) is 15.1. The Bertz CT molecular complexity index is 477. The van der Waals surface area contributed by atoms with Crippen LogP contribution in [0.2, 0.25) is 0 Å². The van der Waals surface area contributed by atoms with E-state index in [4.69, 9.17) is 5.11 Å². The van der Waals surface area contributed by atoms with E-state index in [1.807, 2.05) is 23.1 Å². The monoisotopic (exact) mass is 189 g/mol. The lowest BCUT2D eigenvalue weighted by molar-refractivity contribution is 0.293. The van der Waals surface area contributed by atoms with Crippen molar-refractivity contribution in [1.82, 2.24) is 9.55 Å². The van der Waals surface area contributed by atoms with Crippen LogP contribution in [-0.4, -0.2) is 27.9 Å². The summed E-state index contributed by atoms with van der Waals surface area (Å²) in [6, 6.07) is 8.05. The van der Waals surface area contributed by atoms with Gasteiger partial charge < -0.3 is 14.6 Å². The van der Waals surface area contributed by atoms with Crippen LogP contribution >= 0.6 is 0 Å². The van der Waals surface area contributed by atoms with Crippen LogP contribution in [0.5, 0.6) is 0 Å². The van der Waals surface area contributed by atoms with E-state index in [2.05, 4.69) is 15.6 Å². The fraction of sp³-hybridized carbons (Fsp3) is 0.300. The van der Waals surface area contributed by atoms with Gasteiger partial charge in [0, 0.05) is 13.1 Å². The lowest BCUT2D eigenvalue weighted by Gasteiger charge is -2.10. The molecule has 1 N–H and O–H groups in total. The highest BCUT2D eigenvalue weighted by molar-refractivity contribution is 5.79. The molecule has 0 bridgehead atoms. The molecule has 1 aliphatic heterocycles. The lowest BCUT2D eigenvalue weighted by atomic mass is 10.3. The van der Waals surface area contributed by atoms with Crippen LogP contribution < -0.4 is 4.90 Å². The van der Waals surface area contributed by atoms with Crippen molar-refractivity contribution >= 4 is 17.0 Å². The van der Waals surface area contributed by atoms with Gasteiger partial charge in [0.25, 0.3) is 0 Å². The molecule has 1 aromatic heterocycles. The molecule has 72 valence electrons. The van der Waals surface area contributed by atoms with Gasteiger partial charge in [-0.1, -0.05) is 12.1 Å². The van der Waals surface area contributed by atoms with Crippen LogP contribution in [0.25, 0.3) is 11.0 Å². The largest absolute Gasteiger partial charge is 0.376 e. The Morgan fingerprint density at radius 1 is 1.29 bits per heavy atom. The minimum atomic E-state index is 0.0450. The Morgan fingerprint density at radius 2 is 2.14 bits per heavy atom. The highest BCUT2D eigenvalue weighted by Gasteiger charge is 2.21. The Balaban J connectivity index is 2.26. The average molecular weight is 189 g/mol. The van der Waals surface area contributed by atoms with Crippen LogP contribution in [0.1, 0.15) is 0 Å². The van der Waals surface area contributed by atoms with Gasteiger partial charge in [-0.05, 0) is 12.1 Å². The summed E-state index contributed by atoms with van der Waals surface area (Å²) < 4.78 is 2.14. The molecule has 0 amide bonds. The zero-order valence-electron chi connectivity index (χ0n) is 7.72. The van der Waals surface area contributed by atoms with Crippen molar-refractivity contribution in [1.29, 1.82) is 0 Å². The number of imidazole rings is 1. The second-order valence-electron chi connectivity index (χ2n) is 3.46. The van der Waals surface area contributed by atoms with E-state index in [1.54, 1.807) is 0 Å². The van der Waals surface area contributed by atoms with Crippen molar-refractivity contribution in [2.24, 2.45) is 0 Å². The van der Waals surface area contributed by atoms with E-state index >= 15 is 0 Å². The van der Waals surface area contributed by atoms with Crippen molar-refractivity contribution in [2.75, 3.05) is 18.2 Å². The first-order chi connectivity index (χ1) is 6.90. The number of aliphatic hydroxyl groups is 1. The molecule has 0 saturated carbocycles. The van der Waals surface area contributed by atoms with Gasteiger partial charge in [-0.3, -0.25) is 0 Å². The van der Waals surface area contributed by atoms with Crippen molar-refractivity contribution in [3.63, 3.8) is 0 Å². The number of hydrogen-bond acceptors (Lipinski definition) is 3. The third-order valence-electron chi connectivity index (χ3n) is 2.68. The number of anilines is 1. The average Bonchev–Trinajstić information content (AvgIpc) is 2.75. The molecule has 2 heterocycles. The summed E-state index contributed by atoms with van der Waals surface area (Å²) >= 11 is 0. The van der Waals surface area contributed by atoms with E-state index in [0.29, 0.717) is 0 Å². The van der Waals surface area contributed by atoms with Gasteiger partial charge in [-0.2, -0.15) is 0 Å². The number of rotatable bonds is 1. The second kappa shape index (κ2) is 2.72. The van der Waals surface area contributed by atoms with Gasteiger partial charge in [-0.15, -0.1) is 0 Å². The fourth-order valence-corrected chi connectivity index (χ4v) is 1.98. The van der Waals surface area contributed by atoms with Crippen LogP contribution in [0.15, 0.2) is 24.3 Å². The van der Waals surface area contributed by atoms with E-state index in [9.17, 15) is 0 Å². The molecule has 0 spiro atoms. The number of aromatic nitrogens is 2. The van der Waals surface area contributed by atoms with Gasteiger partial charge in [0.15, 0.2) is 0 Å². The number of fused-ring (bicyclic) bond motifs is 3. The van der Waals surface area contributed by atoms with Crippen LogP contribution in [0.4, 0.5) is 5.95 Å². The molecule has 0 radical (unpaired) electrons. The molecule has 0 atom stereocenters. The number of benzene rings is 1. The first-order valence-electron chi connectivity index (χ1n) is 4.71. The maximum absolute atomic E-state index is 9.11. The summed E-state index contributed by atoms with van der Waals surface area (Å²) in [7, 11) is 0. The molecule has 4 nitrogen and oxygen atoms in total. The van der Waals surface area contributed by atoms with Crippen LogP contribution in [-0.2, 0) is 6.54 Å². The Kier molecular flexibility index (Phi) is 1.52. The topological polar surface area (TPSA) is 41.3 Å². The smallest absolute Gasteiger partial charge is 0.208 e. The third kappa shape index (κ3) is 0.886. The molecule has 1 aliphatic rings. The van der Waals surface area contributed by atoms with Crippen LogP contribution in [0, 0.1) is 0 Å². The predicted molar refractivity (Wildman–Crippen MR) is 54.2 cm³/mol. The quantitative estimate of drug-likeness (QED) is 0.721. The summed E-state index contributed by atoms with van der Waals surface area (Å²) in [6.07, 6.45) is 0. The van der Waals surface area contributed by atoms with E-state index in [0.717, 1.165) is 30.1 Å². The molecule has 0 saturated heterocycles. The SMILES string of the molecule is OCN1CCn2c1nc1ccccc12. The summed E-state index contributed by atoms with van der Waals surface area (Å²) in [6.45, 7) is 1.81. The highest BCUT2D eigenvalue weighted by atomic mass is 16.3. The van der Waals surface area contributed by atoms with E-state index in [-0.39, 0.29) is 6.73 Å². The second-order valence-corrected chi connectivity index (χ2v) is 3.46. The lowest BCUT2D eigenvalue weighted by Crippen LogP contribution is -2.21. The summed E-state index contributed by atoms with van der Waals surface area (Å²) in [5.74, 6) is 0.883. The molecule has 0 unspecified atom stereocenters. The van der Waals surface area contributed by atoms with Crippen molar-refractivity contribution < 1.29 is 5.11 Å². The van der Waals surface area contributed by atoms with Gasteiger partial charge >= 0.3 is 0 Å². The van der Waals surface area contributed by atoms with Crippen molar-refractivity contribution in [3.8, 4) is 0 Å². The molecular formula is C10H11N3O. The summed E-state index contributed by atoms with van der Waals surface area (Å²) in [4.78, 5) is 6.35. The zero-order valence-corrected chi connectivity index (χ0v) is 7.72. The van der Waals surface area contributed by atoms with Crippen molar-refractivity contribution in [3.05, 3.63) is 24.3 Å². The van der Waals surface area contributed by atoms with E-state index in [1.165, 1.54) is 0 Å². The number of nitrogens with zero attached hydrogens (tertiary/aromatic N) is 3. The number of aliphatic hydroxyl groups excluding tert-OH is 1. The Labute approximate surface area is 81.4 Å². The first kappa shape index (κ1) is 7.82. The molecule has 14 heavy (non-hydrogen) atoms. The van der Waals surface area contributed by atoms with Crippen molar-refractivity contribution in [2.45, 2.75) is 6.54 Å². The minimum absolute atomic E-state index is 0.0450. The Hall–Kier alpha value is -1.55. The molecule has 2 aromatic rings. The van der Waals surface area contributed by atoms with Gasteiger partial charge in [0.2, 0.25) is 5.95 Å². The maximum atomic E-state index is 9.11. The summed E-state index contributed by atoms with van der Waals surface area (Å²) in [5.41, 5.74) is 2.15. The van der Waals surface area contributed by atoms with E-state index < -0.39 is 0 Å². The fourth-order valence-electron chi connectivity index (χ4n) is 1.98. The Morgan fingerprint density at radius 3 is 3.00 bits per heavy atom. The molecular weight excluding hydrogens is 178 g/mol. The standard InChI is InChI=1S/C10H11N3O/c14-7-12-5-6-13-9-4-2-1-3-8(9)11-10(12)13/h1-4,14H,5-7H2. The van der Waals surface area contributed by atoms with Crippen LogP contribution in [0.3, 0.4) is 0 Å². The number of para-hydroxylation sites is 2. The molecule has 3 rings (SSSR count). The maximum Gasteiger partial charge on any atom is 0.208 e. The van der Waals surface area contributed by atoms with Gasteiger partial charge in [0.1, 0.15) is 6.73 Å². The molecule has 1 aromatic carbocycles. The molecule has 4 heteroatoms. The third-order valence-corrected chi connectivity index (χ3v) is 2.68. The van der Waals surface area contributed by atoms with Gasteiger partial charge in [-0.25, -0.2) is 4.98 Å². The predicted octanol–water partition coefficient (Wildman–Crippen LogP) is 0.806. The highest BCUT2D eigenvalue weighted by Crippen LogP contribution is 2.26. The molecule has 0 aliphatic carbocycles. The minimum Gasteiger partial charge on any atom is -0.376 e. The molecule has 0 fully saturated rings. The summed E-state index contributed by atoms with van der Waals surface area (Å²) in [5, 5.41) is 9.11.